The quantitative estimate of drug-likeness (QED) is 0.382. The number of nitrogens with one attached hydrogen (secondary N) is 2. The van der Waals surface area contributed by atoms with E-state index in [0.29, 0.717) is 0 Å². The Balaban J connectivity index is 1.29. The third kappa shape index (κ3) is 5.67. The first kappa shape index (κ1) is 24.0. The maximum absolute atomic E-state index is 12.5. The van der Waals surface area contributed by atoms with Gasteiger partial charge < -0.3 is 19.9 Å². The summed E-state index contributed by atoms with van der Waals surface area (Å²) in [6.07, 6.45) is -0.760. The Labute approximate surface area is 201 Å². The summed E-state index contributed by atoms with van der Waals surface area (Å²) in [5, 5.41) is 17.9. The number of rotatable bonds is 10. The second-order valence-corrected chi connectivity index (χ2v) is 8.00. The maximum Gasteiger partial charge on any atom is 0.412 e. The molecule has 0 spiro atoms. The van der Waals surface area contributed by atoms with Crippen molar-refractivity contribution in [3.8, 4) is 11.1 Å². The standard InChI is InChI=1S/C25H26N4O6/c1-29-21(24(32)26-11-13-34-12-10-23(30)31)14-22(28-29)27-25(33)35-15-20-18-8-4-2-6-16(18)17-7-3-5-9-19(17)20/h2-9,14,20H,10-13,15H2,1H3,(H,26,32)(H,30,31)(H,27,28,33). The van der Waals surface area contributed by atoms with Crippen molar-refractivity contribution in [3.63, 3.8) is 0 Å². The van der Waals surface area contributed by atoms with Crippen LogP contribution in [-0.2, 0) is 21.3 Å². The van der Waals surface area contributed by atoms with E-state index >= 15 is 0 Å². The first-order valence-electron chi connectivity index (χ1n) is 11.2. The molecule has 0 radical (unpaired) electrons. The second kappa shape index (κ2) is 10.8. The topological polar surface area (TPSA) is 132 Å². The number of fused-ring (bicyclic) bond motifs is 3. The number of carbonyl (C=O) groups excluding carboxylic acids is 2. The van der Waals surface area contributed by atoms with Crippen molar-refractivity contribution in [3.05, 3.63) is 71.4 Å². The van der Waals surface area contributed by atoms with E-state index in [0.717, 1.165) is 22.3 Å². The van der Waals surface area contributed by atoms with Crippen LogP contribution in [-0.4, -0.2) is 59.2 Å². The Morgan fingerprint density at radius 2 is 1.69 bits per heavy atom. The maximum atomic E-state index is 12.5. The van der Waals surface area contributed by atoms with Crippen molar-refractivity contribution in [1.29, 1.82) is 0 Å². The molecule has 0 aliphatic heterocycles. The summed E-state index contributed by atoms with van der Waals surface area (Å²) in [6.45, 7) is 0.632. The molecule has 3 N–H and O–H groups in total. The lowest BCUT2D eigenvalue weighted by molar-refractivity contribution is -0.138. The van der Waals surface area contributed by atoms with Crippen LogP contribution < -0.4 is 10.6 Å². The Morgan fingerprint density at radius 3 is 2.34 bits per heavy atom. The van der Waals surface area contributed by atoms with Crippen LogP contribution >= 0.6 is 0 Å². The molecule has 0 fully saturated rings. The van der Waals surface area contributed by atoms with Crippen LogP contribution in [0, 0.1) is 0 Å². The zero-order chi connectivity index (χ0) is 24.8. The Morgan fingerprint density at radius 1 is 1.03 bits per heavy atom. The molecule has 0 bridgehead atoms. The number of hydrogen-bond acceptors (Lipinski definition) is 6. The van der Waals surface area contributed by atoms with E-state index in [1.165, 1.54) is 10.7 Å². The first-order chi connectivity index (χ1) is 16.9. The molecule has 10 heteroatoms. The zero-order valence-electron chi connectivity index (χ0n) is 19.2. The lowest BCUT2D eigenvalue weighted by Gasteiger charge is -2.14. The fraction of sp³-hybridized carbons (Fsp3) is 0.280. The summed E-state index contributed by atoms with van der Waals surface area (Å²) in [7, 11) is 1.58. The number of benzene rings is 2. The van der Waals surface area contributed by atoms with E-state index in [-0.39, 0.29) is 50.2 Å². The van der Waals surface area contributed by atoms with Gasteiger partial charge in [0.05, 0.1) is 19.6 Å². The molecule has 1 aromatic heterocycles. The number of ether oxygens (including phenoxy) is 2. The molecule has 1 aliphatic rings. The molecule has 0 atom stereocenters. The van der Waals surface area contributed by atoms with Crippen LogP contribution in [0.4, 0.5) is 10.6 Å². The monoisotopic (exact) mass is 478 g/mol. The number of carboxylic acids is 1. The summed E-state index contributed by atoms with van der Waals surface area (Å²) in [5.74, 6) is -1.22. The summed E-state index contributed by atoms with van der Waals surface area (Å²) in [4.78, 5) is 35.3. The molecule has 1 aliphatic carbocycles. The smallest absolute Gasteiger partial charge is 0.412 e. The fourth-order valence-electron chi connectivity index (χ4n) is 4.07. The van der Waals surface area contributed by atoms with Crippen LogP contribution in [0.2, 0.25) is 0 Å². The van der Waals surface area contributed by atoms with E-state index in [9.17, 15) is 14.4 Å². The number of carboxylic acid groups (broad SMARTS) is 1. The minimum Gasteiger partial charge on any atom is -0.481 e. The van der Waals surface area contributed by atoms with E-state index in [1.54, 1.807) is 7.05 Å². The third-order valence-electron chi connectivity index (χ3n) is 5.68. The molecular weight excluding hydrogens is 452 g/mol. The van der Waals surface area contributed by atoms with Crippen molar-refractivity contribution >= 4 is 23.8 Å². The minimum absolute atomic E-state index is 0.0593. The number of anilines is 1. The van der Waals surface area contributed by atoms with Crippen LogP contribution in [0.25, 0.3) is 11.1 Å². The average Bonchev–Trinajstić information content (AvgIpc) is 3.37. The number of aryl methyl sites for hydroxylation is 1. The highest BCUT2D eigenvalue weighted by Gasteiger charge is 2.29. The number of aromatic nitrogens is 2. The van der Waals surface area contributed by atoms with Gasteiger partial charge in [0, 0.05) is 25.6 Å². The molecule has 2 amide bonds. The highest BCUT2D eigenvalue weighted by atomic mass is 16.5. The van der Waals surface area contributed by atoms with Crippen molar-refractivity contribution < 1.29 is 29.0 Å². The second-order valence-electron chi connectivity index (χ2n) is 8.00. The van der Waals surface area contributed by atoms with Gasteiger partial charge >= 0.3 is 12.1 Å². The SMILES string of the molecule is Cn1nc(NC(=O)OCC2c3ccccc3-c3ccccc32)cc1C(=O)NCCOCCC(=O)O. The van der Waals surface area contributed by atoms with Gasteiger partial charge in [-0.15, -0.1) is 0 Å². The highest BCUT2D eigenvalue weighted by Crippen LogP contribution is 2.44. The van der Waals surface area contributed by atoms with Gasteiger partial charge in [-0.2, -0.15) is 5.10 Å². The summed E-state index contributed by atoms with van der Waals surface area (Å²) in [5.41, 5.74) is 4.76. The molecule has 3 aromatic rings. The minimum atomic E-state index is -0.944. The lowest BCUT2D eigenvalue weighted by Crippen LogP contribution is -2.29. The highest BCUT2D eigenvalue weighted by molar-refractivity contribution is 5.94. The predicted octanol–water partition coefficient (Wildman–Crippen LogP) is 3.00. The van der Waals surface area contributed by atoms with Gasteiger partial charge in [-0.3, -0.25) is 19.6 Å². The van der Waals surface area contributed by atoms with Gasteiger partial charge in [0.1, 0.15) is 12.3 Å². The van der Waals surface area contributed by atoms with Crippen LogP contribution in [0.5, 0.6) is 0 Å². The summed E-state index contributed by atoms with van der Waals surface area (Å²) < 4.78 is 12.0. The molecule has 35 heavy (non-hydrogen) atoms. The molecule has 2 aromatic carbocycles. The van der Waals surface area contributed by atoms with Gasteiger partial charge in [0.15, 0.2) is 5.82 Å². The number of nitrogens with zero attached hydrogens (tertiary/aromatic N) is 2. The van der Waals surface area contributed by atoms with Gasteiger partial charge in [-0.1, -0.05) is 48.5 Å². The number of hydrogen-bond donors (Lipinski definition) is 3. The first-order valence-corrected chi connectivity index (χ1v) is 11.2. The molecule has 0 saturated heterocycles. The zero-order valence-corrected chi connectivity index (χ0v) is 19.2. The van der Waals surface area contributed by atoms with E-state index in [2.05, 4.69) is 27.9 Å². The fourth-order valence-corrected chi connectivity index (χ4v) is 4.07. The Hall–Kier alpha value is -4.18. The van der Waals surface area contributed by atoms with Gasteiger partial charge in [-0.05, 0) is 22.3 Å². The third-order valence-corrected chi connectivity index (χ3v) is 5.68. The van der Waals surface area contributed by atoms with Gasteiger partial charge in [0.25, 0.3) is 5.91 Å². The van der Waals surface area contributed by atoms with Crippen LogP contribution in [0.3, 0.4) is 0 Å². The van der Waals surface area contributed by atoms with Gasteiger partial charge in [0.2, 0.25) is 0 Å². The number of aliphatic carboxylic acids is 1. The summed E-state index contributed by atoms with van der Waals surface area (Å²) in [6, 6.07) is 17.6. The molecule has 1 heterocycles. The Kier molecular flexibility index (Phi) is 7.41. The van der Waals surface area contributed by atoms with E-state index in [4.69, 9.17) is 14.6 Å². The molecular formula is C25H26N4O6. The van der Waals surface area contributed by atoms with Crippen molar-refractivity contribution in [2.45, 2.75) is 12.3 Å². The van der Waals surface area contributed by atoms with E-state index < -0.39 is 18.0 Å². The Bertz CT molecular complexity index is 1190. The number of amides is 2. The van der Waals surface area contributed by atoms with Crippen LogP contribution in [0.1, 0.15) is 34.0 Å². The normalized spacial score (nSPS) is 12.0. The van der Waals surface area contributed by atoms with Crippen molar-refractivity contribution in [2.75, 3.05) is 31.7 Å². The molecule has 10 nitrogen and oxygen atoms in total. The average molecular weight is 479 g/mol. The predicted molar refractivity (Wildman–Crippen MR) is 127 cm³/mol. The largest absolute Gasteiger partial charge is 0.481 e. The number of carbonyl (C=O) groups is 3. The summed E-state index contributed by atoms with van der Waals surface area (Å²) >= 11 is 0. The van der Waals surface area contributed by atoms with E-state index in [1.807, 2.05) is 36.4 Å². The van der Waals surface area contributed by atoms with Gasteiger partial charge in [-0.25, -0.2) is 4.79 Å². The molecule has 182 valence electrons. The van der Waals surface area contributed by atoms with Crippen molar-refractivity contribution in [2.24, 2.45) is 7.05 Å². The lowest BCUT2D eigenvalue weighted by atomic mass is 9.98. The molecule has 0 saturated carbocycles. The van der Waals surface area contributed by atoms with Crippen LogP contribution in [0.15, 0.2) is 54.6 Å². The van der Waals surface area contributed by atoms with Crippen molar-refractivity contribution in [1.82, 2.24) is 15.1 Å². The molecule has 0 unspecified atom stereocenters. The molecule has 4 rings (SSSR count).